The summed E-state index contributed by atoms with van der Waals surface area (Å²) in [6.45, 7) is 3.25. The summed E-state index contributed by atoms with van der Waals surface area (Å²) in [5.41, 5.74) is -27.4. The molecule has 6 aromatic rings. The summed E-state index contributed by atoms with van der Waals surface area (Å²) in [7, 11) is 0. The standard InChI is InChI=1S/C32H12BF24.C27H41N2/c34-25(35,36)13-1-14(26(37,38)39)6-21(5-13)33(22-7-15(27(40,41)42)2-16(8-22)28(43,44)45,23-9-17(29(46,47)48)3-18(10-23)30(49,50)51)24-11-19(31(52,53)54)4-20(12-24)32(55,56)57;1-2-3-4-5-6-7-8-10-13-24-16-18-26(19-17-24)27-22-28-20-21-29(27)23-25-14-11-9-12-15-25/h1-12H;9,11-12,14-15,20-22,24,26H,2-8,10,13,16-19,23H2,1H3/q-1;+1. The Kier molecular flexibility index (Phi) is 21.2. The molecule has 7 rings (SSSR count). The van der Waals surface area contributed by atoms with Crippen LogP contribution in [0.1, 0.15) is 152 Å². The third-order valence-corrected chi connectivity index (χ3v) is 15.2. The monoisotopic (exact) mass is 1260 g/mol. The summed E-state index contributed by atoms with van der Waals surface area (Å²) in [6.07, 6.45) is -30.2. The van der Waals surface area contributed by atoms with Crippen LogP contribution < -0.4 is 26.4 Å². The van der Waals surface area contributed by atoms with Crippen LogP contribution in [0.3, 0.4) is 0 Å². The Balaban J connectivity index is 0.000000340. The Labute approximate surface area is 477 Å². The maximum Gasteiger partial charge on any atom is 0.416 e. The van der Waals surface area contributed by atoms with Gasteiger partial charge in [0.25, 0.3) is 0 Å². The molecule has 0 unspecified atom stereocenters. The Morgan fingerprint density at radius 1 is 0.395 bits per heavy atom. The van der Waals surface area contributed by atoms with E-state index in [2.05, 4.69) is 59.2 Å². The second kappa shape index (κ2) is 26.5. The molecule has 0 aliphatic heterocycles. The van der Waals surface area contributed by atoms with Gasteiger partial charge in [0.2, 0.25) is 5.69 Å². The molecular formula is C59H53BF24N2. The summed E-state index contributed by atoms with van der Waals surface area (Å²) >= 11 is 0. The molecule has 0 radical (unpaired) electrons. The third-order valence-electron chi connectivity index (χ3n) is 15.2. The molecule has 0 N–H and O–H groups in total. The van der Waals surface area contributed by atoms with Crippen LogP contribution >= 0.6 is 0 Å². The summed E-state index contributed by atoms with van der Waals surface area (Å²) in [4.78, 5) is 4.46. The van der Waals surface area contributed by atoms with E-state index in [9.17, 15) is 105 Å². The van der Waals surface area contributed by atoms with E-state index in [4.69, 9.17) is 0 Å². The van der Waals surface area contributed by atoms with Gasteiger partial charge in [-0.05, 0) is 55.9 Å². The zero-order valence-corrected chi connectivity index (χ0v) is 45.1. The number of hydrogen-bond donors (Lipinski definition) is 0. The molecule has 0 saturated heterocycles. The molecule has 5 aromatic carbocycles. The van der Waals surface area contributed by atoms with Crippen LogP contribution in [-0.2, 0) is 56.0 Å². The van der Waals surface area contributed by atoms with E-state index in [-0.39, 0.29) is 0 Å². The van der Waals surface area contributed by atoms with Gasteiger partial charge in [-0.2, -0.15) is 132 Å². The average Bonchev–Trinajstić information content (AvgIpc) is 0.735. The molecule has 1 fully saturated rings. The summed E-state index contributed by atoms with van der Waals surface area (Å²) in [5, 5.41) is 0. The van der Waals surface area contributed by atoms with Crippen molar-refractivity contribution < 1.29 is 110 Å². The van der Waals surface area contributed by atoms with Gasteiger partial charge in [-0.1, -0.05) is 144 Å². The van der Waals surface area contributed by atoms with E-state index >= 15 is 0 Å². The first-order chi connectivity index (χ1) is 39.6. The summed E-state index contributed by atoms with van der Waals surface area (Å²) < 4.78 is 343. The number of halogens is 24. The lowest BCUT2D eigenvalue weighted by Crippen LogP contribution is -2.75. The number of rotatable bonds is 16. The van der Waals surface area contributed by atoms with Crippen molar-refractivity contribution in [2.75, 3.05) is 0 Å². The molecule has 27 heteroatoms. The highest BCUT2D eigenvalue weighted by molar-refractivity contribution is 7.20. The summed E-state index contributed by atoms with van der Waals surface area (Å²) in [6, 6.07) is 1.99. The van der Waals surface area contributed by atoms with Crippen LogP contribution in [0.25, 0.3) is 0 Å². The molecule has 0 atom stereocenters. The lowest BCUT2D eigenvalue weighted by atomic mass is 9.12. The van der Waals surface area contributed by atoms with Crippen LogP contribution in [0.2, 0.25) is 0 Å². The zero-order chi connectivity index (χ0) is 64.1. The van der Waals surface area contributed by atoms with Gasteiger partial charge >= 0.3 is 49.4 Å². The zero-order valence-electron chi connectivity index (χ0n) is 45.1. The number of nitrogens with zero attached hydrogens (tertiary/aromatic N) is 2. The van der Waals surface area contributed by atoms with Crippen molar-refractivity contribution in [3.05, 3.63) is 177 Å². The molecule has 2 nitrogen and oxygen atoms in total. The third kappa shape index (κ3) is 17.6. The molecule has 86 heavy (non-hydrogen) atoms. The van der Waals surface area contributed by atoms with Crippen molar-refractivity contribution in [2.45, 2.75) is 152 Å². The first kappa shape index (κ1) is 68.7. The van der Waals surface area contributed by atoms with Crippen molar-refractivity contribution in [3.63, 3.8) is 0 Å². The number of unbranched alkanes of at least 4 members (excludes halogenated alkanes) is 7. The number of hydrogen-bond acceptors (Lipinski definition) is 1. The quantitative estimate of drug-likeness (QED) is 0.0408. The van der Waals surface area contributed by atoms with E-state index in [0.29, 0.717) is 5.92 Å². The van der Waals surface area contributed by atoms with Crippen LogP contribution in [0, 0.1) is 5.92 Å². The molecule has 0 bridgehead atoms. The first-order valence-corrected chi connectivity index (χ1v) is 26.9. The maximum atomic E-state index is 14.2. The van der Waals surface area contributed by atoms with Gasteiger partial charge in [0.1, 0.15) is 6.15 Å². The Morgan fingerprint density at radius 3 is 1.00 bits per heavy atom. The molecule has 1 aromatic heterocycles. The van der Waals surface area contributed by atoms with Gasteiger partial charge in [0.15, 0.2) is 12.7 Å². The van der Waals surface area contributed by atoms with Crippen molar-refractivity contribution in [1.82, 2.24) is 4.98 Å². The normalized spacial score (nSPS) is 16.0. The Hall–Kier alpha value is -6.44. The molecule has 0 spiro atoms. The van der Waals surface area contributed by atoms with Crippen molar-refractivity contribution in [3.8, 4) is 0 Å². The van der Waals surface area contributed by atoms with Crippen molar-refractivity contribution in [2.24, 2.45) is 5.92 Å². The number of benzene rings is 5. The fraction of sp³-hybridized carbons (Fsp3) is 0.424. The van der Waals surface area contributed by atoms with Crippen LogP contribution in [0.4, 0.5) is 105 Å². The molecule has 0 amide bonds. The van der Waals surface area contributed by atoms with E-state index in [0.717, 1.165) is 12.5 Å². The molecular weight excluding hydrogens is 1200 g/mol. The van der Waals surface area contributed by atoms with Gasteiger partial charge in [-0.15, -0.1) is 0 Å². The van der Waals surface area contributed by atoms with Crippen molar-refractivity contribution >= 4 is 28.0 Å². The predicted octanol–water partition coefficient (Wildman–Crippen LogP) is 18.4. The van der Waals surface area contributed by atoms with Crippen LogP contribution in [0.15, 0.2) is 122 Å². The largest absolute Gasteiger partial charge is 0.416 e. The summed E-state index contributed by atoms with van der Waals surface area (Å²) in [5.74, 6) is 1.65. The SMILES string of the molecule is CCCCCCCCCCC1CCC(c2cncc[n+]2Cc2ccccc2)CC1.FC(F)(F)c1cc([B-](c2cc(C(F)(F)F)cc(C(F)(F)F)c2)(c2cc(C(F)(F)F)cc(C(F)(F)F)c2)c2cc(C(F)(F)F)cc(C(F)(F)F)c2)cc(C(F)(F)F)c1. The van der Waals surface area contributed by atoms with E-state index in [1.807, 2.05) is 6.20 Å². The molecule has 470 valence electrons. The van der Waals surface area contributed by atoms with Gasteiger partial charge in [-0.3, -0.25) is 4.98 Å². The van der Waals surface area contributed by atoms with Gasteiger partial charge in [0, 0.05) is 11.5 Å². The highest BCUT2D eigenvalue weighted by Gasteiger charge is 2.47. The lowest BCUT2D eigenvalue weighted by Gasteiger charge is -2.46. The van der Waals surface area contributed by atoms with E-state index < -0.39 is 195 Å². The van der Waals surface area contributed by atoms with E-state index in [1.165, 1.54) is 94.7 Å². The topological polar surface area (TPSA) is 16.8 Å². The van der Waals surface area contributed by atoms with Gasteiger partial charge < -0.3 is 0 Å². The molecule has 1 saturated carbocycles. The Morgan fingerprint density at radius 2 is 0.698 bits per heavy atom. The fourth-order valence-corrected chi connectivity index (χ4v) is 11.0. The number of aromatic nitrogens is 2. The fourth-order valence-electron chi connectivity index (χ4n) is 11.0. The number of alkyl halides is 24. The minimum atomic E-state index is -6.13. The maximum absolute atomic E-state index is 14.2. The minimum Gasteiger partial charge on any atom is -0.252 e. The highest BCUT2D eigenvalue weighted by Crippen LogP contribution is 2.42. The van der Waals surface area contributed by atoms with Gasteiger partial charge in [0.05, 0.1) is 56.9 Å². The lowest BCUT2D eigenvalue weighted by molar-refractivity contribution is -0.697. The van der Waals surface area contributed by atoms with Crippen LogP contribution in [-0.4, -0.2) is 11.1 Å². The van der Waals surface area contributed by atoms with Gasteiger partial charge in [-0.25, -0.2) is 0 Å². The first-order valence-electron chi connectivity index (χ1n) is 26.9. The van der Waals surface area contributed by atoms with E-state index in [1.54, 1.807) is 0 Å². The van der Waals surface area contributed by atoms with Crippen LogP contribution in [0.5, 0.6) is 0 Å². The second-order valence-corrected chi connectivity index (χ2v) is 21.3. The molecule has 1 heterocycles. The predicted molar refractivity (Wildman–Crippen MR) is 272 cm³/mol. The smallest absolute Gasteiger partial charge is 0.252 e. The minimum absolute atomic E-state index is 0.683. The van der Waals surface area contributed by atoms with Crippen molar-refractivity contribution in [1.29, 1.82) is 0 Å². The molecule has 1 aliphatic rings. The highest BCUT2D eigenvalue weighted by atomic mass is 19.4. The average molecular weight is 1260 g/mol. The second-order valence-electron chi connectivity index (χ2n) is 21.3. The molecule has 1 aliphatic carbocycles. The Bertz CT molecular complexity index is 2760.